The third-order valence-electron chi connectivity index (χ3n) is 4.19. The van der Waals surface area contributed by atoms with E-state index in [9.17, 15) is 0 Å². The number of benzene rings is 1. The lowest BCUT2D eigenvalue weighted by molar-refractivity contribution is 0.0427. The van der Waals surface area contributed by atoms with Crippen molar-refractivity contribution in [2.24, 2.45) is 5.73 Å². The van der Waals surface area contributed by atoms with Crippen molar-refractivity contribution < 1.29 is 9.47 Å². The maximum Gasteiger partial charge on any atom is 0.128 e. The minimum atomic E-state index is -0.146. The number of fused-ring (bicyclic) bond motifs is 1. The summed E-state index contributed by atoms with van der Waals surface area (Å²) in [6.45, 7) is 4.42. The Kier molecular flexibility index (Phi) is 4.92. The van der Waals surface area contributed by atoms with E-state index in [2.05, 4.69) is 13.8 Å². The molecule has 3 nitrogen and oxygen atoms in total. The van der Waals surface area contributed by atoms with Crippen LogP contribution in [0.25, 0.3) is 0 Å². The Morgan fingerprint density at radius 1 is 1.35 bits per heavy atom. The average Bonchev–Trinajstić information content (AvgIpc) is 2.42. The molecular weight excluding hydrogens is 250 g/mol. The fraction of sp³-hybridized carbons (Fsp3) is 0.647. The highest BCUT2D eigenvalue weighted by Crippen LogP contribution is 2.42. The zero-order valence-corrected chi connectivity index (χ0v) is 12.9. The fourth-order valence-electron chi connectivity index (χ4n) is 3.00. The van der Waals surface area contributed by atoms with Crippen LogP contribution in [0.3, 0.4) is 0 Å². The number of ether oxygens (including phenoxy) is 2. The molecule has 0 aliphatic carbocycles. The number of hydrogen-bond acceptors (Lipinski definition) is 3. The van der Waals surface area contributed by atoms with Gasteiger partial charge in [0.15, 0.2) is 0 Å². The van der Waals surface area contributed by atoms with Crippen molar-refractivity contribution in [2.75, 3.05) is 7.11 Å². The molecule has 0 radical (unpaired) electrons. The molecule has 2 unspecified atom stereocenters. The van der Waals surface area contributed by atoms with Crippen LogP contribution >= 0.6 is 0 Å². The lowest BCUT2D eigenvalue weighted by Gasteiger charge is -2.39. The van der Waals surface area contributed by atoms with Crippen LogP contribution in [0.15, 0.2) is 18.2 Å². The van der Waals surface area contributed by atoms with Crippen molar-refractivity contribution in [3.05, 3.63) is 23.8 Å². The highest BCUT2D eigenvalue weighted by Gasteiger charge is 2.35. The highest BCUT2D eigenvalue weighted by molar-refractivity contribution is 5.44. The molecule has 2 atom stereocenters. The second-order valence-electron chi connectivity index (χ2n) is 6.08. The summed E-state index contributed by atoms with van der Waals surface area (Å²) in [4.78, 5) is 0. The SMILES string of the molecule is CCCCCCC1(C)CC(N)c2ccc(OC)cc2O1. The summed E-state index contributed by atoms with van der Waals surface area (Å²) in [5.74, 6) is 1.72. The summed E-state index contributed by atoms with van der Waals surface area (Å²) >= 11 is 0. The van der Waals surface area contributed by atoms with Crippen LogP contribution in [0.4, 0.5) is 0 Å². The second-order valence-corrected chi connectivity index (χ2v) is 6.08. The van der Waals surface area contributed by atoms with Crippen LogP contribution in [-0.4, -0.2) is 12.7 Å². The van der Waals surface area contributed by atoms with Gasteiger partial charge in [0.1, 0.15) is 17.1 Å². The summed E-state index contributed by atoms with van der Waals surface area (Å²) in [5.41, 5.74) is 7.27. The van der Waals surface area contributed by atoms with E-state index in [0.29, 0.717) is 0 Å². The van der Waals surface area contributed by atoms with Gasteiger partial charge in [-0.25, -0.2) is 0 Å². The first-order chi connectivity index (χ1) is 9.58. The van der Waals surface area contributed by atoms with E-state index in [4.69, 9.17) is 15.2 Å². The molecule has 20 heavy (non-hydrogen) atoms. The van der Waals surface area contributed by atoms with Crippen LogP contribution in [-0.2, 0) is 0 Å². The van der Waals surface area contributed by atoms with Gasteiger partial charge in [-0.2, -0.15) is 0 Å². The van der Waals surface area contributed by atoms with Crippen molar-refractivity contribution in [1.82, 2.24) is 0 Å². The Balaban J connectivity index is 2.08. The molecule has 0 fully saturated rings. The van der Waals surface area contributed by atoms with Gasteiger partial charge in [-0.15, -0.1) is 0 Å². The van der Waals surface area contributed by atoms with Gasteiger partial charge in [-0.1, -0.05) is 32.3 Å². The number of rotatable bonds is 6. The van der Waals surface area contributed by atoms with Crippen LogP contribution < -0.4 is 15.2 Å². The third-order valence-corrected chi connectivity index (χ3v) is 4.19. The summed E-state index contributed by atoms with van der Waals surface area (Å²) in [6, 6.07) is 5.99. The topological polar surface area (TPSA) is 44.5 Å². The molecule has 0 saturated carbocycles. The molecule has 1 aromatic carbocycles. The van der Waals surface area contributed by atoms with Gasteiger partial charge in [0.25, 0.3) is 0 Å². The van der Waals surface area contributed by atoms with E-state index in [1.807, 2.05) is 18.2 Å². The van der Waals surface area contributed by atoms with E-state index in [0.717, 1.165) is 29.9 Å². The largest absolute Gasteiger partial charge is 0.497 e. The summed E-state index contributed by atoms with van der Waals surface area (Å²) < 4.78 is 11.5. The zero-order valence-electron chi connectivity index (χ0n) is 12.9. The summed E-state index contributed by atoms with van der Waals surface area (Å²) in [7, 11) is 1.68. The lowest BCUT2D eigenvalue weighted by atomic mass is 9.85. The number of hydrogen-bond donors (Lipinski definition) is 1. The van der Waals surface area contributed by atoms with Crippen LogP contribution in [0.1, 0.15) is 64.0 Å². The maximum atomic E-state index is 6.32. The molecule has 1 aliphatic heterocycles. The molecule has 1 heterocycles. The predicted octanol–water partition coefficient (Wildman–Crippen LogP) is 4.21. The standard InChI is InChI=1S/C17H27NO2/c1-4-5-6-7-10-17(2)12-15(18)14-9-8-13(19-3)11-16(14)20-17/h8-9,11,15H,4-7,10,12,18H2,1-3H3. The first kappa shape index (κ1) is 15.2. The molecule has 0 saturated heterocycles. The summed E-state index contributed by atoms with van der Waals surface area (Å²) in [5, 5.41) is 0. The first-order valence-corrected chi connectivity index (χ1v) is 7.70. The van der Waals surface area contributed by atoms with Crippen molar-refractivity contribution in [3.63, 3.8) is 0 Å². The van der Waals surface area contributed by atoms with E-state index < -0.39 is 0 Å². The average molecular weight is 277 g/mol. The van der Waals surface area contributed by atoms with Gasteiger partial charge in [0, 0.05) is 24.1 Å². The van der Waals surface area contributed by atoms with Gasteiger partial charge in [-0.05, 0) is 25.8 Å². The molecule has 2 rings (SSSR count). The van der Waals surface area contributed by atoms with Gasteiger partial charge >= 0.3 is 0 Å². The normalized spacial score (nSPS) is 24.9. The summed E-state index contributed by atoms with van der Waals surface area (Å²) in [6.07, 6.45) is 6.99. The second kappa shape index (κ2) is 6.49. The molecule has 0 bridgehead atoms. The van der Waals surface area contributed by atoms with Gasteiger partial charge in [0.05, 0.1) is 7.11 Å². The zero-order chi connectivity index (χ0) is 14.6. The quantitative estimate of drug-likeness (QED) is 0.792. The minimum Gasteiger partial charge on any atom is -0.497 e. The Morgan fingerprint density at radius 2 is 2.15 bits per heavy atom. The number of unbranched alkanes of at least 4 members (excludes halogenated alkanes) is 3. The molecular formula is C17H27NO2. The van der Waals surface area contributed by atoms with Gasteiger partial charge < -0.3 is 15.2 Å². The Morgan fingerprint density at radius 3 is 2.85 bits per heavy atom. The van der Waals surface area contributed by atoms with E-state index in [1.165, 1.54) is 25.7 Å². The van der Waals surface area contributed by atoms with Crippen molar-refractivity contribution in [1.29, 1.82) is 0 Å². The van der Waals surface area contributed by atoms with Crippen LogP contribution in [0.5, 0.6) is 11.5 Å². The van der Waals surface area contributed by atoms with E-state index >= 15 is 0 Å². The van der Waals surface area contributed by atoms with Crippen LogP contribution in [0, 0.1) is 0 Å². The predicted molar refractivity (Wildman–Crippen MR) is 82.3 cm³/mol. The highest BCUT2D eigenvalue weighted by atomic mass is 16.5. The molecule has 3 heteroatoms. The molecule has 2 N–H and O–H groups in total. The Hall–Kier alpha value is -1.22. The van der Waals surface area contributed by atoms with Crippen LogP contribution in [0.2, 0.25) is 0 Å². The molecule has 0 spiro atoms. The maximum absolute atomic E-state index is 6.32. The number of methoxy groups -OCH3 is 1. The molecule has 1 aliphatic rings. The Bertz CT molecular complexity index is 447. The van der Waals surface area contributed by atoms with Crippen molar-refractivity contribution >= 4 is 0 Å². The smallest absolute Gasteiger partial charge is 0.128 e. The van der Waals surface area contributed by atoms with E-state index in [1.54, 1.807) is 7.11 Å². The van der Waals surface area contributed by atoms with Crippen molar-refractivity contribution in [2.45, 2.75) is 64.0 Å². The van der Waals surface area contributed by atoms with Gasteiger partial charge in [-0.3, -0.25) is 0 Å². The van der Waals surface area contributed by atoms with Crippen molar-refractivity contribution in [3.8, 4) is 11.5 Å². The molecule has 112 valence electrons. The third kappa shape index (κ3) is 3.45. The Labute approximate surface area is 122 Å². The number of nitrogens with two attached hydrogens (primary N) is 1. The fourth-order valence-corrected chi connectivity index (χ4v) is 3.00. The minimum absolute atomic E-state index is 0.0563. The first-order valence-electron chi connectivity index (χ1n) is 7.70. The molecule has 0 aromatic heterocycles. The molecule has 0 amide bonds. The molecule has 1 aromatic rings. The lowest BCUT2D eigenvalue weighted by Crippen LogP contribution is -2.40. The van der Waals surface area contributed by atoms with Gasteiger partial charge in [0.2, 0.25) is 0 Å². The van der Waals surface area contributed by atoms with E-state index in [-0.39, 0.29) is 11.6 Å². The monoisotopic (exact) mass is 277 g/mol.